The van der Waals surface area contributed by atoms with Crippen molar-refractivity contribution in [1.29, 1.82) is 0 Å². The summed E-state index contributed by atoms with van der Waals surface area (Å²) in [5.41, 5.74) is 0.923. The molecule has 1 aromatic carbocycles. The lowest BCUT2D eigenvalue weighted by molar-refractivity contribution is -0.141. The van der Waals surface area contributed by atoms with E-state index in [9.17, 15) is 15.0 Å². The average Bonchev–Trinajstić information content (AvgIpc) is 3.00. The summed E-state index contributed by atoms with van der Waals surface area (Å²) < 4.78 is 5.22. The number of fused-ring (bicyclic) bond motifs is 1. The highest BCUT2D eigenvalue weighted by Crippen LogP contribution is 2.42. The summed E-state index contributed by atoms with van der Waals surface area (Å²) in [4.78, 5) is 11.3. The highest BCUT2D eigenvalue weighted by Gasteiger charge is 2.48. The monoisotopic (exact) mass is 302 g/mol. The third-order valence-corrected chi connectivity index (χ3v) is 4.72. The summed E-state index contributed by atoms with van der Waals surface area (Å²) in [6, 6.07) is 9.60. The van der Waals surface area contributed by atoms with E-state index in [0.29, 0.717) is 19.3 Å². The predicted octanol–water partition coefficient (Wildman–Crippen LogP) is 2.37. The summed E-state index contributed by atoms with van der Waals surface area (Å²) in [5, 5.41) is 20.2. The average molecular weight is 302 g/mol. The molecule has 0 amide bonds. The molecule has 0 radical (unpaired) electrons. The van der Waals surface area contributed by atoms with E-state index >= 15 is 0 Å². The molecular formula is C18H22O4. The van der Waals surface area contributed by atoms with Gasteiger partial charge in [-0.3, -0.25) is 4.79 Å². The lowest BCUT2D eigenvalue weighted by Gasteiger charge is -2.14. The summed E-state index contributed by atoms with van der Waals surface area (Å²) in [7, 11) is 0. The van der Waals surface area contributed by atoms with Crippen LogP contribution in [0.25, 0.3) is 0 Å². The van der Waals surface area contributed by atoms with Gasteiger partial charge in [-0.05, 0) is 18.4 Å². The standard InChI is InChI=1S/C18H22O4/c19-15(12-6-2-1-3-7-12)9-5-4-8-13-14-10-18(21)22-17(14)11-16(13)20/h1-4,6-8,13-17,19-20H,5,9-11H2/b8-4+/t13-,14-,15?,16-,17+/m1/s1. The second kappa shape index (κ2) is 6.63. The molecule has 1 saturated heterocycles. The van der Waals surface area contributed by atoms with Crippen LogP contribution >= 0.6 is 0 Å². The molecule has 1 unspecified atom stereocenters. The number of carbonyl (C=O) groups excluding carboxylic acids is 1. The van der Waals surface area contributed by atoms with Gasteiger partial charge in [0.1, 0.15) is 6.10 Å². The number of ether oxygens (including phenoxy) is 1. The highest BCUT2D eigenvalue weighted by atomic mass is 16.6. The molecule has 4 nitrogen and oxygen atoms in total. The Bertz CT molecular complexity index is 539. The number of hydrogen-bond donors (Lipinski definition) is 2. The van der Waals surface area contributed by atoms with Crippen LogP contribution in [0.5, 0.6) is 0 Å². The van der Waals surface area contributed by atoms with Crippen molar-refractivity contribution in [1.82, 2.24) is 0 Å². The minimum atomic E-state index is -0.469. The van der Waals surface area contributed by atoms with E-state index in [1.54, 1.807) is 0 Å². The fourth-order valence-corrected chi connectivity index (χ4v) is 3.54. The van der Waals surface area contributed by atoms with Gasteiger partial charge in [0, 0.05) is 18.3 Å². The van der Waals surface area contributed by atoms with Crippen molar-refractivity contribution in [3.8, 4) is 0 Å². The third kappa shape index (κ3) is 3.23. The molecule has 1 aliphatic heterocycles. The Morgan fingerprint density at radius 1 is 1.32 bits per heavy atom. The first-order valence-electron chi connectivity index (χ1n) is 7.92. The van der Waals surface area contributed by atoms with Gasteiger partial charge in [-0.25, -0.2) is 0 Å². The van der Waals surface area contributed by atoms with Crippen molar-refractivity contribution < 1.29 is 19.7 Å². The molecule has 4 heteroatoms. The second-order valence-corrected chi connectivity index (χ2v) is 6.21. The zero-order chi connectivity index (χ0) is 15.5. The minimum Gasteiger partial charge on any atom is -0.462 e. The van der Waals surface area contributed by atoms with Gasteiger partial charge in [0.25, 0.3) is 0 Å². The van der Waals surface area contributed by atoms with Crippen LogP contribution in [0.2, 0.25) is 0 Å². The molecule has 22 heavy (non-hydrogen) atoms. The molecule has 0 bridgehead atoms. The smallest absolute Gasteiger partial charge is 0.306 e. The van der Waals surface area contributed by atoms with E-state index in [0.717, 1.165) is 12.0 Å². The zero-order valence-corrected chi connectivity index (χ0v) is 12.5. The Hall–Kier alpha value is -1.65. The normalized spacial score (nSPS) is 32.2. The highest BCUT2D eigenvalue weighted by molar-refractivity contribution is 5.72. The van der Waals surface area contributed by atoms with Gasteiger partial charge in [-0.15, -0.1) is 0 Å². The molecule has 1 aromatic rings. The van der Waals surface area contributed by atoms with Crippen molar-refractivity contribution in [3.05, 3.63) is 48.0 Å². The maximum absolute atomic E-state index is 11.3. The Morgan fingerprint density at radius 3 is 2.86 bits per heavy atom. The van der Waals surface area contributed by atoms with Crippen LogP contribution < -0.4 is 0 Å². The van der Waals surface area contributed by atoms with Gasteiger partial charge in [0.15, 0.2) is 0 Å². The van der Waals surface area contributed by atoms with Crippen LogP contribution in [0.3, 0.4) is 0 Å². The molecule has 2 N–H and O–H groups in total. The van der Waals surface area contributed by atoms with Gasteiger partial charge in [-0.1, -0.05) is 42.5 Å². The van der Waals surface area contributed by atoms with Crippen molar-refractivity contribution >= 4 is 5.97 Å². The summed E-state index contributed by atoms with van der Waals surface area (Å²) in [6.07, 6.45) is 5.31. The fraction of sp³-hybridized carbons (Fsp3) is 0.500. The van der Waals surface area contributed by atoms with Crippen LogP contribution in [-0.4, -0.2) is 28.4 Å². The van der Waals surface area contributed by atoms with Crippen LogP contribution in [0.1, 0.15) is 37.4 Å². The van der Waals surface area contributed by atoms with Crippen LogP contribution in [0.15, 0.2) is 42.5 Å². The van der Waals surface area contributed by atoms with Crippen LogP contribution in [0, 0.1) is 11.8 Å². The Balaban J connectivity index is 1.51. The maximum Gasteiger partial charge on any atom is 0.306 e. The van der Waals surface area contributed by atoms with Gasteiger partial charge < -0.3 is 14.9 Å². The molecular weight excluding hydrogens is 280 g/mol. The number of carbonyl (C=O) groups is 1. The van der Waals surface area contributed by atoms with E-state index in [1.807, 2.05) is 42.5 Å². The first-order chi connectivity index (χ1) is 10.6. The fourth-order valence-electron chi connectivity index (χ4n) is 3.54. The Morgan fingerprint density at radius 2 is 2.09 bits per heavy atom. The molecule has 2 aliphatic rings. The number of allylic oxidation sites excluding steroid dienone is 1. The molecule has 1 heterocycles. The first kappa shape index (κ1) is 15.3. The lowest BCUT2D eigenvalue weighted by Crippen LogP contribution is -2.17. The maximum atomic E-state index is 11.3. The summed E-state index contributed by atoms with van der Waals surface area (Å²) >= 11 is 0. The Kier molecular flexibility index (Phi) is 4.60. The molecule has 1 aliphatic carbocycles. The number of esters is 1. The van der Waals surface area contributed by atoms with Gasteiger partial charge in [-0.2, -0.15) is 0 Å². The summed E-state index contributed by atoms with van der Waals surface area (Å²) in [6.45, 7) is 0. The van der Waals surface area contributed by atoms with E-state index in [2.05, 4.69) is 0 Å². The van der Waals surface area contributed by atoms with E-state index in [-0.39, 0.29) is 23.9 Å². The molecule has 3 rings (SSSR count). The minimum absolute atomic E-state index is 0.00896. The SMILES string of the molecule is O=C1C[C@@H]2[C@@H](/C=C/CCC(O)c3ccccc3)[C@H](O)C[C@@H]2O1. The topological polar surface area (TPSA) is 66.8 Å². The number of hydrogen-bond acceptors (Lipinski definition) is 4. The first-order valence-corrected chi connectivity index (χ1v) is 7.92. The van der Waals surface area contributed by atoms with E-state index in [1.165, 1.54) is 0 Å². The van der Waals surface area contributed by atoms with Gasteiger partial charge in [0.05, 0.1) is 18.6 Å². The third-order valence-electron chi connectivity index (χ3n) is 4.72. The Labute approximate surface area is 130 Å². The lowest BCUT2D eigenvalue weighted by atomic mass is 9.91. The quantitative estimate of drug-likeness (QED) is 0.647. The molecule has 2 fully saturated rings. The van der Waals surface area contributed by atoms with Gasteiger partial charge in [0.2, 0.25) is 0 Å². The predicted molar refractivity (Wildman–Crippen MR) is 81.9 cm³/mol. The zero-order valence-electron chi connectivity index (χ0n) is 12.5. The molecule has 118 valence electrons. The second-order valence-electron chi connectivity index (χ2n) is 6.21. The summed E-state index contributed by atoms with van der Waals surface area (Å²) in [5.74, 6) is -0.0529. The number of aliphatic hydroxyl groups is 2. The van der Waals surface area contributed by atoms with Crippen LogP contribution in [-0.2, 0) is 9.53 Å². The van der Waals surface area contributed by atoms with E-state index in [4.69, 9.17) is 4.74 Å². The van der Waals surface area contributed by atoms with Crippen molar-refractivity contribution in [3.63, 3.8) is 0 Å². The van der Waals surface area contributed by atoms with Gasteiger partial charge >= 0.3 is 5.97 Å². The molecule has 0 spiro atoms. The van der Waals surface area contributed by atoms with Crippen molar-refractivity contribution in [2.45, 2.75) is 44.0 Å². The molecule has 1 saturated carbocycles. The number of benzene rings is 1. The molecule has 5 atom stereocenters. The number of rotatable bonds is 5. The van der Waals surface area contributed by atoms with Crippen molar-refractivity contribution in [2.75, 3.05) is 0 Å². The van der Waals surface area contributed by atoms with E-state index < -0.39 is 12.2 Å². The molecule has 0 aromatic heterocycles. The number of aliphatic hydroxyl groups excluding tert-OH is 2. The van der Waals surface area contributed by atoms with Crippen LogP contribution in [0.4, 0.5) is 0 Å². The largest absolute Gasteiger partial charge is 0.462 e. The van der Waals surface area contributed by atoms with Crippen molar-refractivity contribution in [2.24, 2.45) is 11.8 Å².